The van der Waals surface area contributed by atoms with Crippen molar-refractivity contribution in [1.82, 2.24) is 4.90 Å². The molecule has 8 heteroatoms. The van der Waals surface area contributed by atoms with Crippen LogP contribution in [0.15, 0.2) is 53.0 Å². The van der Waals surface area contributed by atoms with Crippen molar-refractivity contribution in [2.45, 2.75) is 25.1 Å². The summed E-state index contributed by atoms with van der Waals surface area (Å²) in [5.74, 6) is 1.71. The molecule has 0 saturated carbocycles. The first kappa shape index (κ1) is 22.1. The van der Waals surface area contributed by atoms with E-state index in [4.69, 9.17) is 9.47 Å². The Morgan fingerprint density at radius 2 is 1.93 bits per heavy atom. The highest BCUT2D eigenvalue weighted by molar-refractivity contribution is 9.10. The zero-order valence-corrected chi connectivity index (χ0v) is 18.7. The highest BCUT2D eigenvalue weighted by Gasteiger charge is 2.33. The van der Waals surface area contributed by atoms with E-state index in [0.29, 0.717) is 25.3 Å². The number of ether oxygens (including phenoxy) is 2. The lowest BCUT2D eigenvalue weighted by Gasteiger charge is -2.30. The van der Waals surface area contributed by atoms with Crippen LogP contribution in [0.5, 0.6) is 11.5 Å². The third kappa shape index (κ3) is 6.70. The van der Waals surface area contributed by atoms with Crippen LogP contribution in [0, 0.1) is 0 Å². The molecule has 0 spiro atoms. The summed E-state index contributed by atoms with van der Waals surface area (Å²) in [6.07, 6.45) is -0.157. The largest absolute Gasteiger partial charge is 0.497 e. The Morgan fingerprint density at radius 1 is 1.21 bits per heavy atom. The molecule has 1 saturated heterocycles. The number of sulfone groups is 1. The lowest BCUT2D eigenvalue weighted by Crippen LogP contribution is -2.42. The van der Waals surface area contributed by atoms with E-state index in [1.54, 1.807) is 31.4 Å². The van der Waals surface area contributed by atoms with Crippen molar-refractivity contribution < 1.29 is 23.0 Å². The molecule has 0 radical (unpaired) electrons. The molecule has 1 N–H and O–H groups in total. The van der Waals surface area contributed by atoms with Crippen LogP contribution in [0.1, 0.15) is 12.0 Å². The average Bonchev–Trinajstić information content (AvgIpc) is 3.06. The van der Waals surface area contributed by atoms with Gasteiger partial charge in [0.05, 0.1) is 18.6 Å². The zero-order valence-electron chi connectivity index (χ0n) is 16.3. The Labute approximate surface area is 180 Å². The number of halogens is 1. The predicted octanol–water partition coefficient (Wildman–Crippen LogP) is 2.89. The third-order valence-electron chi connectivity index (χ3n) is 4.95. The Kier molecular flexibility index (Phi) is 7.56. The molecule has 0 aromatic heterocycles. The zero-order chi connectivity index (χ0) is 20.9. The monoisotopic (exact) mass is 483 g/mol. The molecular weight excluding hydrogens is 458 g/mol. The highest BCUT2D eigenvalue weighted by Crippen LogP contribution is 2.22. The number of hydrogen-bond donors (Lipinski definition) is 1. The lowest BCUT2D eigenvalue weighted by atomic mass is 10.1. The van der Waals surface area contributed by atoms with E-state index in [9.17, 15) is 13.5 Å². The second kappa shape index (κ2) is 9.93. The molecule has 158 valence electrons. The molecule has 6 nitrogen and oxygen atoms in total. The summed E-state index contributed by atoms with van der Waals surface area (Å²) < 4.78 is 35.7. The minimum absolute atomic E-state index is 0.102. The Balaban J connectivity index is 1.63. The molecule has 0 bridgehead atoms. The van der Waals surface area contributed by atoms with Gasteiger partial charge in [0.2, 0.25) is 0 Å². The summed E-state index contributed by atoms with van der Waals surface area (Å²) in [5.41, 5.74) is 1.06. The van der Waals surface area contributed by atoms with Gasteiger partial charge in [-0.15, -0.1) is 0 Å². The topological polar surface area (TPSA) is 76.1 Å². The number of aliphatic hydroxyl groups is 1. The number of rotatable bonds is 9. The van der Waals surface area contributed by atoms with Gasteiger partial charge in [-0.05, 0) is 48.4 Å². The second-order valence-electron chi connectivity index (χ2n) is 7.26. The summed E-state index contributed by atoms with van der Waals surface area (Å²) >= 11 is 3.47. The maximum atomic E-state index is 12.0. The van der Waals surface area contributed by atoms with Crippen LogP contribution in [-0.2, 0) is 16.4 Å². The van der Waals surface area contributed by atoms with Gasteiger partial charge in [-0.1, -0.05) is 28.1 Å². The Bertz CT molecular complexity index is 904. The summed E-state index contributed by atoms with van der Waals surface area (Å²) in [7, 11) is -1.41. The van der Waals surface area contributed by atoms with Crippen molar-refractivity contribution in [2.75, 3.05) is 31.8 Å². The van der Waals surface area contributed by atoms with E-state index in [-0.39, 0.29) is 24.2 Å². The second-order valence-corrected chi connectivity index (χ2v) is 10.4. The van der Waals surface area contributed by atoms with Gasteiger partial charge in [-0.3, -0.25) is 4.90 Å². The molecule has 2 aromatic rings. The molecule has 0 amide bonds. The first-order valence-electron chi connectivity index (χ1n) is 9.48. The van der Waals surface area contributed by atoms with Crippen LogP contribution < -0.4 is 9.47 Å². The van der Waals surface area contributed by atoms with Crippen LogP contribution in [0.25, 0.3) is 0 Å². The van der Waals surface area contributed by atoms with Gasteiger partial charge in [0.25, 0.3) is 0 Å². The number of nitrogens with zero attached hydrogens (tertiary/aromatic N) is 1. The minimum Gasteiger partial charge on any atom is -0.497 e. The number of aliphatic hydroxyl groups excluding tert-OH is 1. The molecule has 1 aliphatic rings. The Hall–Kier alpha value is -1.61. The fourth-order valence-electron chi connectivity index (χ4n) is 3.46. The van der Waals surface area contributed by atoms with Crippen molar-refractivity contribution in [3.63, 3.8) is 0 Å². The van der Waals surface area contributed by atoms with E-state index in [1.165, 1.54) is 0 Å². The van der Waals surface area contributed by atoms with E-state index in [2.05, 4.69) is 15.9 Å². The molecule has 3 rings (SSSR count). The summed E-state index contributed by atoms with van der Waals surface area (Å²) in [6.45, 7) is 1.03. The smallest absolute Gasteiger partial charge is 0.151 e. The van der Waals surface area contributed by atoms with Crippen LogP contribution in [0.4, 0.5) is 0 Å². The van der Waals surface area contributed by atoms with E-state index >= 15 is 0 Å². The molecule has 1 heterocycles. The fraction of sp³-hybridized carbons (Fsp3) is 0.429. The highest BCUT2D eigenvalue weighted by atomic mass is 79.9. The molecule has 0 aliphatic carbocycles. The molecule has 1 fully saturated rings. The average molecular weight is 484 g/mol. The molecule has 1 aliphatic heterocycles. The lowest BCUT2D eigenvalue weighted by molar-refractivity contribution is 0.0524. The fourth-order valence-corrected chi connectivity index (χ4v) is 5.67. The standard InChI is InChI=1S/C21H26BrNO5S/c1-27-20-5-7-21(8-6-20)28-14-19(24)13-23(18-9-10-29(25,26)15-18)12-16-3-2-4-17(22)11-16/h2-8,11,18-19,24H,9-10,12-15H2,1H3. The van der Waals surface area contributed by atoms with Crippen molar-refractivity contribution in [3.8, 4) is 11.5 Å². The van der Waals surface area contributed by atoms with E-state index in [0.717, 1.165) is 15.8 Å². The van der Waals surface area contributed by atoms with Crippen LogP contribution >= 0.6 is 15.9 Å². The maximum absolute atomic E-state index is 12.0. The first-order chi connectivity index (χ1) is 13.8. The maximum Gasteiger partial charge on any atom is 0.151 e. The minimum atomic E-state index is -3.01. The third-order valence-corrected chi connectivity index (χ3v) is 7.19. The van der Waals surface area contributed by atoms with Crippen molar-refractivity contribution in [3.05, 3.63) is 58.6 Å². The quantitative estimate of drug-likeness (QED) is 0.590. The summed E-state index contributed by atoms with van der Waals surface area (Å²) in [4.78, 5) is 2.05. The van der Waals surface area contributed by atoms with Crippen LogP contribution in [0.2, 0.25) is 0 Å². The molecule has 2 unspecified atom stereocenters. The van der Waals surface area contributed by atoms with E-state index in [1.807, 2.05) is 29.2 Å². The number of hydrogen-bond acceptors (Lipinski definition) is 6. The molecular formula is C21H26BrNO5S. The van der Waals surface area contributed by atoms with Crippen molar-refractivity contribution >= 4 is 25.8 Å². The Morgan fingerprint density at radius 3 is 2.55 bits per heavy atom. The number of benzene rings is 2. The molecule has 2 aromatic carbocycles. The molecule has 29 heavy (non-hydrogen) atoms. The SMILES string of the molecule is COc1ccc(OCC(O)CN(Cc2cccc(Br)c2)C2CCS(=O)(=O)C2)cc1. The van der Waals surface area contributed by atoms with Crippen molar-refractivity contribution in [2.24, 2.45) is 0 Å². The summed E-state index contributed by atoms with van der Waals surface area (Å²) in [6, 6.07) is 15.0. The van der Waals surface area contributed by atoms with Gasteiger partial charge in [-0.2, -0.15) is 0 Å². The summed E-state index contributed by atoms with van der Waals surface area (Å²) in [5, 5.41) is 10.6. The van der Waals surface area contributed by atoms with Crippen LogP contribution in [0.3, 0.4) is 0 Å². The first-order valence-corrected chi connectivity index (χ1v) is 12.1. The molecule has 2 atom stereocenters. The van der Waals surface area contributed by atoms with Gasteiger partial charge < -0.3 is 14.6 Å². The van der Waals surface area contributed by atoms with Gasteiger partial charge >= 0.3 is 0 Å². The number of methoxy groups -OCH3 is 1. The van der Waals surface area contributed by atoms with Gasteiger partial charge in [0, 0.05) is 23.6 Å². The van der Waals surface area contributed by atoms with Gasteiger partial charge in [0.15, 0.2) is 9.84 Å². The van der Waals surface area contributed by atoms with Crippen LogP contribution in [-0.4, -0.2) is 62.3 Å². The van der Waals surface area contributed by atoms with E-state index < -0.39 is 15.9 Å². The van der Waals surface area contributed by atoms with Gasteiger partial charge in [0.1, 0.15) is 24.2 Å². The normalized spacial score (nSPS) is 19.2. The van der Waals surface area contributed by atoms with Crippen molar-refractivity contribution in [1.29, 1.82) is 0 Å². The predicted molar refractivity (Wildman–Crippen MR) is 116 cm³/mol. The van der Waals surface area contributed by atoms with Gasteiger partial charge in [-0.25, -0.2) is 8.42 Å².